The maximum absolute atomic E-state index is 12.0. The van der Waals surface area contributed by atoms with E-state index in [2.05, 4.69) is 9.71 Å². The molecule has 7 heteroatoms. The van der Waals surface area contributed by atoms with Crippen LogP contribution in [0.5, 0.6) is 0 Å². The van der Waals surface area contributed by atoms with Crippen LogP contribution in [0.4, 0.5) is 5.69 Å². The van der Waals surface area contributed by atoms with E-state index in [1.807, 2.05) is 0 Å². The zero-order valence-electron chi connectivity index (χ0n) is 9.62. The minimum Gasteiger partial charge on any atom is -0.391 e. The number of aliphatic hydroxyl groups is 1. The molecule has 0 saturated carbocycles. The minimum atomic E-state index is -3.59. The van der Waals surface area contributed by atoms with Gasteiger partial charge in [-0.05, 0) is 31.2 Å². The predicted molar refractivity (Wildman–Crippen MR) is 70.0 cm³/mol. The van der Waals surface area contributed by atoms with Crippen molar-refractivity contribution in [2.24, 2.45) is 0 Å². The fourth-order valence-electron chi connectivity index (χ4n) is 1.40. The lowest BCUT2D eigenvalue weighted by Gasteiger charge is -2.06. The van der Waals surface area contributed by atoms with Gasteiger partial charge in [0, 0.05) is 16.8 Å². The monoisotopic (exact) mass is 284 g/mol. The molecule has 0 unspecified atom stereocenters. The summed E-state index contributed by atoms with van der Waals surface area (Å²) in [5, 5.41) is 8.93. The Bertz CT molecular complexity index is 650. The molecule has 2 rings (SSSR count). The van der Waals surface area contributed by atoms with Crippen molar-refractivity contribution in [3.8, 4) is 0 Å². The van der Waals surface area contributed by atoms with Crippen LogP contribution in [0.25, 0.3) is 0 Å². The molecule has 0 saturated heterocycles. The fraction of sp³-hybridized carbons (Fsp3) is 0.182. The number of anilines is 1. The third-order valence-corrected chi connectivity index (χ3v) is 5.15. The standard InChI is InChI=1S/C11H12N2O3S2/c1-8-6-9(4-5-12-8)13-18(15,16)11-3-2-10(7-14)17-11/h2-6,14H,7H2,1H3,(H,12,13). The first-order valence-electron chi connectivity index (χ1n) is 5.16. The third kappa shape index (κ3) is 2.87. The number of nitrogens with one attached hydrogen (secondary N) is 1. The van der Waals surface area contributed by atoms with Gasteiger partial charge in [-0.25, -0.2) is 8.42 Å². The summed E-state index contributed by atoms with van der Waals surface area (Å²) in [6.45, 7) is 1.63. The summed E-state index contributed by atoms with van der Waals surface area (Å²) < 4.78 is 26.7. The molecule has 0 aromatic carbocycles. The molecule has 0 radical (unpaired) electrons. The van der Waals surface area contributed by atoms with Crippen LogP contribution in [0.3, 0.4) is 0 Å². The second kappa shape index (κ2) is 5.05. The molecule has 0 aliphatic rings. The first-order chi connectivity index (χ1) is 8.51. The van der Waals surface area contributed by atoms with E-state index in [1.54, 1.807) is 31.3 Å². The molecule has 0 fully saturated rings. The highest BCUT2D eigenvalue weighted by molar-refractivity contribution is 7.94. The Kier molecular flexibility index (Phi) is 3.65. The summed E-state index contributed by atoms with van der Waals surface area (Å²) in [5.74, 6) is 0. The van der Waals surface area contributed by atoms with Gasteiger partial charge in [-0.1, -0.05) is 0 Å². The van der Waals surface area contributed by atoms with Gasteiger partial charge in [0.1, 0.15) is 4.21 Å². The molecule has 96 valence electrons. The first-order valence-corrected chi connectivity index (χ1v) is 7.46. The van der Waals surface area contributed by atoms with Crippen LogP contribution in [0.15, 0.2) is 34.7 Å². The van der Waals surface area contributed by atoms with Gasteiger partial charge < -0.3 is 5.11 Å². The number of hydrogen-bond acceptors (Lipinski definition) is 5. The van der Waals surface area contributed by atoms with Crippen molar-refractivity contribution < 1.29 is 13.5 Å². The number of aliphatic hydroxyl groups excluding tert-OH is 1. The van der Waals surface area contributed by atoms with E-state index in [9.17, 15) is 8.42 Å². The van der Waals surface area contributed by atoms with Gasteiger partial charge >= 0.3 is 0 Å². The Hall–Kier alpha value is -1.44. The number of sulfonamides is 1. The van der Waals surface area contributed by atoms with E-state index in [0.29, 0.717) is 10.6 Å². The van der Waals surface area contributed by atoms with Crippen LogP contribution in [0.1, 0.15) is 10.6 Å². The Balaban J connectivity index is 2.27. The number of pyridine rings is 1. The molecule has 0 bridgehead atoms. The summed E-state index contributed by atoms with van der Waals surface area (Å²) in [6.07, 6.45) is 1.54. The van der Waals surface area contributed by atoms with Gasteiger partial charge in [0.25, 0.3) is 10.0 Å². The lowest BCUT2D eigenvalue weighted by molar-refractivity contribution is 0.285. The quantitative estimate of drug-likeness (QED) is 0.896. The lowest BCUT2D eigenvalue weighted by atomic mass is 10.3. The fourth-order valence-corrected chi connectivity index (χ4v) is 3.67. The Morgan fingerprint density at radius 2 is 2.17 bits per heavy atom. The number of hydrogen-bond donors (Lipinski definition) is 2. The average Bonchev–Trinajstić information content (AvgIpc) is 2.77. The van der Waals surface area contributed by atoms with Crippen LogP contribution in [0, 0.1) is 6.92 Å². The number of aromatic nitrogens is 1. The number of rotatable bonds is 4. The minimum absolute atomic E-state index is 0.158. The number of aryl methyl sites for hydroxylation is 1. The van der Waals surface area contributed by atoms with Crippen LogP contribution in [0.2, 0.25) is 0 Å². The zero-order chi connectivity index (χ0) is 13.2. The van der Waals surface area contributed by atoms with Crippen molar-refractivity contribution in [3.05, 3.63) is 41.0 Å². The van der Waals surface area contributed by atoms with E-state index in [1.165, 1.54) is 6.07 Å². The maximum Gasteiger partial charge on any atom is 0.271 e. The van der Waals surface area contributed by atoms with Gasteiger partial charge in [0.15, 0.2) is 0 Å². The highest BCUT2D eigenvalue weighted by atomic mass is 32.2. The first kappa shape index (κ1) is 13.0. The molecule has 2 heterocycles. The van der Waals surface area contributed by atoms with Gasteiger partial charge in [0.2, 0.25) is 0 Å². The predicted octanol–water partition coefficient (Wildman–Crippen LogP) is 1.74. The smallest absolute Gasteiger partial charge is 0.271 e. The molecule has 0 aliphatic carbocycles. The third-order valence-electron chi connectivity index (χ3n) is 2.21. The SMILES string of the molecule is Cc1cc(NS(=O)(=O)c2ccc(CO)s2)ccn1. The van der Waals surface area contributed by atoms with Crippen molar-refractivity contribution in [1.29, 1.82) is 0 Å². The summed E-state index contributed by atoms with van der Waals surface area (Å²) in [5.41, 5.74) is 1.21. The van der Waals surface area contributed by atoms with Gasteiger partial charge in [0.05, 0.1) is 12.3 Å². The van der Waals surface area contributed by atoms with Gasteiger partial charge in [-0.15, -0.1) is 11.3 Å². The molecule has 2 aromatic heterocycles. The van der Waals surface area contributed by atoms with Crippen molar-refractivity contribution >= 4 is 27.0 Å². The summed E-state index contributed by atoms with van der Waals surface area (Å²) in [4.78, 5) is 4.61. The Morgan fingerprint density at radius 1 is 1.39 bits per heavy atom. The maximum atomic E-state index is 12.0. The molecule has 18 heavy (non-hydrogen) atoms. The van der Waals surface area contributed by atoms with E-state index < -0.39 is 10.0 Å². The number of nitrogens with zero attached hydrogens (tertiary/aromatic N) is 1. The highest BCUT2D eigenvalue weighted by Gasteiger charge is 2.16. The summed E-state index contributed by atoms with van der Waals surface area (Å²) >= 11 is 1.05. The number of thiophene rings is 1. The molecule has 0 atom stereocenters. The van der Waals surface area contributed by atoms with Crippen molar-refractivity contribution in [2.45, 2.75) is 17.7 Å². The van der Waals surface area contributed by atoms with E-state index >= 15 is 0 Å². The summed E-state index contributed by atoms with van der Waals surface area (Å²) in [7, 11) is -3.59. The molecular formula is C11H12N2O3S2. The second-order valence-electron chi connectivity index (χ2n) is 3.67. The largest absolute Gasteiger partial charge is 0.391 e. The molecule has 2 aromatic rings. The van der Waals surface area contributed by atoms with E-state index in [-0.39, 0.29) is 10.8 Å². The normalized spacial score (nSPS) is 11.4. The Morgan fingerprint density at radius 3 is 2.78 bits per heavy atom. The molecule has 0 spiro atoms. The molecule has 5 nitrogen and oxygen atoms in total. The Labute approximate surface area is 109 Å². The van der Waals surface area contributed by atoms with Crippen molar-refractivity contribution in [2.75, 3.05) is 4.72 Å². The molecule has 0 aliphatic heterocycles. The topological polar surface area (TPSA) is 79.3 Å². The van der Waals surface area contributed by atoms with E-state index in [4.69, 9.17) is 5.11 Å². The van der Waals surface area contributed by atoms with Gasteiger partial charge in [-0.3, -0.25) is 9.71 Å². The van der Waals surface area contributed by atoms with Crippen LogP contribution in [-0.2, 0) is 16.6 Å². The molecule has 0 amide bonds. The lowest BCUT2D eigenvalue weighted by Crippen LogP contribution is -2.11. The molecule has 2 N–H and O–H groups in total. The van der Waals surface area contributed by atoms with Crippen molar-refractivity contribution in [3.63, 3.8) is 0 Å². The van der Waals surface area contributed by atoms with Gasteiger partial charge in [-0.2, -0.15) is 0 Å². The molecular weight excluding hydrogens is 272 g/mol. The van der Waals surface area contributed by atoms with Crippen LogP contribution < -0.4 is 4.72 Å². The van der Waals surface area contributed by atoms with Crippen LogP contribution >= 0.6 is 11.3 Å². The van der Waals surface area contributed by atoms with Crippen LogP contribution in [-0.4, -0.2) is 18.5 Å². The van der Waals surface area contributed by atoms with Crippen molar-refractivity contribution in [1.82, 2.24) is 4.98 Å². The second-order valence-corrected chi connectivity index (χ2v) is 6.75. The average molecular weight is 284 g/mol. The van der Waals surface area contributed by atoms with E-state index in [0.717, 1.165) is 17.0 Å². The zero-order valence-corrected chi connectivity index (χ0v) is 11.3. The highest BCUT2D eigenvalue weighted by Crippen LogP contribution is 2.24. The summed E-state index contributed by atoms with van der Waals surface area (Å²) in [6, 6.07) is 6.31.